The largest absolute Gasteiger partial charge is 0.507 e. The molecule has 0 aliphatic carbocycles. The van der Waals surface area contributed by atoms with E-state index in [0.29, 0.717) is 35.8 Å². The number of phenols is 1. The van der Waals surface area contributed by atoms with Crippen molar-refractivity contribution in [1.29, 1.82) is 0 Å². The van der Waals surface area contributed by atoms with E-state index in [2.05, 4.69) is 21.2 Å². The molecule has 1 atom stereocenters. The normalized spacial score (nSPS) is 15.0. The second-order valence-corrected chi connectivity index (χ2v) is 6.37. The average Bonchev–Trinajstić information content (AvgIpc) is 2.44. The SMILES string of the molecule is O=C1NCPc2c(O)cc(-c3ccc(F)cc3)c(Br)c21. The van der Waals surface area contributed by atoms with Crippen LogP contribution >= 0.6 is 24.5 Å². The quantitative estimate of drug-likeness (QED) is 0.774. The molecule has 0 saturated carbocycles. The van der Waals surface area contributed by atoms with Crippen molar-refractivity contribution in [3.05, 3.63) is 46.2 Å². The third kappa shape index (κ3) is 2.21. The molecule has 2 aromatic carbocycles. The Bertz CT molecular complexity index is 703. The van der Waals surface area contributed by atoms with Crippen molar-refractivity contribution in [2.24, 2.45) is 0 Å². The first-order chi connectivity index (χ1) is 9.58. The molecule has 20 heavy (non-hydrogen) atoms. The molecule has 0 radical (unpaired) electrons. The monoisotopic (exact) mass is 353 g/mol. The lowest BCUT2D eigenvalue weighted by molar-refractivity contribution is 0.0959. The van der Waals surface area contributed by atoms with E-state index in [1.807, 2.05) is 0 Å². The fourth-order valence-corrected chi connectivity index (χ4v) is 4.18. The average molecular weight is 354 g/mol. The maximum Gasteiger partial charge on any atom is 0.253 e. The van der Waals surface area contributed by atoms with Crippen LogP contribution in [0.25, 0.3) is 11.1 Å². The second-order valence-electron chi connectivity index (χ2n) is 4.37. The van der Waals surface area contributed by atoms with Gasteiger partial charge in [0, 0.05) is 21.6 Å². The van der Waals surface area contributed by atoms with E-state index in [1.54, 1.807) is 18.2 Å². The number of fused-ring (bicyclic) bond motifs is 1. The Hall–Kier alpha value is -1.45. The van der Waals surface area contributed by atoms with Gasteiger partial charge in [-0.1, -0.05) is 20.7 Å². The summed E-state index contributed by atoms with van der Waals surface area (Å²) in [7, 11) is 0.334. The molecular formula is C14H10BrFNO2P. The molecular weight excluding hydrogens is 344 g/mol. The zero-order valence-corrected chi connectivity index (χ0v) is 12.8. The third-order valence-corrected chi connectivity index (χ3v) is 5.18. The Balaban J connectivity index is 2.23. The van der Waals surface area contributed by atoms with Crippen molar-refractivity contribution in [2.75, 3.05) is 6.29 Å². The number of nitrogens with one attached hydrogen (secondary N) is 1. The number of halogens is 2. The Morgan fingerprint density at radius 1 is 1.30 bits per heavy atom. The Morgan fingerprint density at radius 3 is 2.70 bits per heavy atom. The van der Waals surface area contributed by atoms with E-state index in [0.717, 1.165) is 5.56 Å². The Morgan fingerprint density at radius 2 is 2.00 bits per heavy atom. The number of carbonyl (C=O) groups is 1. The van der Waals surface area contributed by atoms with Crippen molar-refractivity contribution in [1.82, 2.24) is 5.32 Å². The molecule has 0 spiro atoms. The molecule has 1 heterocycles. The van der Waals surface area contributed by atoms with Gasteiger partial charge in [-0.15, -0.1) is 0 Å². The van der Waals surface area contributed by atoms with Gasteiger partial charge in [0.15, 0.2) is 0 Å². The first-order valence-electron chi connectivity index (χ1n) is 5.91. The van der Waals surface area contributed by atoms with Gasteiger partial charge in [-0.05, 0) is 39.7 Å². The molecule has 0 aromatic heterocycles. The standard InChI is InChI=1S/C14H10BrFNO2P/c15-12-9(7-1-3-8(16)4-2-7)5-10(18)13-11(12)14(19)17-6-20-13/h1-5,18,20H,6H2,(H,17,19). The van der Waals surface area contributed by atoms with E-state index in [9.17, 15) is 14.3 Å². The van der Waals surface area contributed by atoms with Crippen LogP contribution in [0.2, 0.25) is 0 Å². The van der Waals surface area contributed by atoms with E-state index in [-0.39, 0.29) is 17.5 Å². The second kappa shape index (κ2) is 5.15. The minimum Gasteiger partial charge on any atom is -0.507 e. The lowest BCUT2D eigenvalue weighted by Crippen LogP contribution is -2.33. The van der Waals surface area contributed by atoms with Crippen LogP contribution in [0.5, 0.6) is 5.75 Å². The van der Waals surface area contributed by atoms with Crippen LogP contribution < -0.4 is 10.6 Å². The lowest BCUT2D eigenvalue weighted by atomic mass is 10.0. The van der Waals surface area contributed by atoms with Crippen LogP contribution in [0.15, 0.2) is 34.8 Å². The maximum atomic E-state index is 13.0. The first-order valence-corrected chi connectivity index (χ1v) is 7.91. The summed E-state index contributed by atoms with van der Waals surface area (Å²) in [6, 6.07) is 7.54. The van der Waals surface area contributed by atoms with Crippen molar-refractivity contribution in [3.8, 4) is 16.9 Å². The molecule has 3 nitrogen and oxygen atoms in total. The van der Waals surface area contributed by atoms with Crippen LogP contribution in [0.1, 0.15) is 10.4 Å². The molecule has 102 valence electrons. The lowest BCUT2D eigenvalue weighted by Gasteiger charge is -2.21. The number of phenolic OH excluding ortho intramolecular Hbond substituents is 1. The van der Waals surface area contributed by atoms with Gasteiger partial charge in [-0.2, -0.15) is 0 Å². The summed E-state index contributed by atoms with van der Waals surface area (Å²) in [5.41, 5.74) is 1.87. The van der Waals surface area contributed by atoms with Crippen LogP contribution in [0.3, 0.4) is 0 Å². The van der Waals surface area contributed by atoms with Crippen LogP contribution in [-0.2, 0) is 0 Å². The number of rotatable bonds is 1. The summed E-state index contributed by atoms with van der Waals surface area (Å²) >= 11 is 3.44. The number of aromatic hydroxyl groups is 1. The maximum absolute atomic E-state index is 13.0. The van der Waals surface area contributed by atoms with Gasteiger partial charge in [-0.25, -0.2) is 4.39 Å². The smallest absolute Gasteiger partial charge is 0.253 e. The summed E-state index contributed by atoms with van der Waals surface area (Å²) in [6.45, 7) is 0. The zero-order chi connectivity index (χ0) is 14.3. The van der Waals surface area contributed by atoms with E-state index in [1.165, 1.54) is 12.1 Å². The zero-order valence-electron chi connectivity index (χ0n) is 10.2. The predicted molar refractivity (Wildman–Crippen MR) is 81.5 cm³/mol. The Kier molecular flexibility index (Phi) is 3.48. The van der Waals surface area contributed by atoms with Crippen molar-refractivity contribution < 1.29 is 14.3 Å². The van der Waals surface area contributed by atoms with Crippen LogP contribution in [-0.4, -0.2) is 17.3 Å². The molecule has 3 rings (SSSR count). The van der Waals surface area contributed by atoms with Gasteiger partial charge in [0.25, 0.3) is 5.91 Å². The molecule has 1 aliphatic rings. The highest BCUT2D eigenvalue weighted by Gasteiger charge is 2.25. The van der Waals surface area contributed by atoms with E-state index >= 15 is 0 Å². The molecule has 1 amide bonds. The first kappa shape index (κ1) is 13.5. The van der Waals surface area contributed by atoms with Gasteiger partial charge in [0.1, 0.15) is 11.6 Å². The minimum absolute atomic E-state index is 0.107. The third-order valence-electron chi connectivity index (χ3n) is 3.14. The highest BCUT2D eigenvalue weighted by atomic mass is 79.9. The van der Waals surface area contributed by atoms with Crippen molar-refractivity contribution in [3.63, 3.8) is 0 Å². The van der Waals surface area contributed by atoms with E-state index < -0.39 is 0 Å². The number of hydrogen-bond acceptors (Lipinski definition) is 2. The number of benzene rings is 2. The van der Waals surface area contributed by atoms with Gasteiger partial charge in [0.05, 0.1) is 5.56 Å². The summed E-state index contributed by atoms with van der Waals surface area (Å²) in [5.74, 6) is -0.424. The van der Waals surface area contributed by atoms with Crippen LogP contribution in [0.4, 0.5) is 4.39 Å². The highest BCUT2D eigenvalue weighted by molar-refractivity contribution is 9.10. The van der Waals surface area contributed by atoms with Gasteiger partial charge < -0.3 is 10.4 Å². The molecule has 2 N–H and O–H groups in total. The number of amides is 1. The van der Waals surface area contributed by atoms with Crippen molar-refractivity contribution >= 4 is 35.7 Å². The fourth-order valence-electron chi connectivity index (χ4n) is 2.18. The van der Waals surface area contributed by atoms with Gasteiger partial charge in [0.2, 0.25) is 0 Å². The molecule has 0 fully saturated rings. The molecule has 0 bridgehead atoms. The topological polar surface area (TPSA) is 49.3 Å². The summed E-state index contributed by atoms with van der Waals surface area (Å²) in [5, 5.41) is 13.6. The predicted octanol–water partition coefficient (Wildman–Crippen LogP) is 2.97. The van der Waals surface area contributed by atoms with Crippen molar-refractivity contribution in [2.45, 2.75) is 0 Å². The molecule has 1 unspecified atom stereocenters. The summed E-state index contributed by atoms with van der Waals surface area (Å²) < 4.78 is 13.6. The fraction of sp³-hybridized carbons (Fsp3) is 0.0714. The van der Waals surface area contributed by atoms with Gasteiger partial charge >= 0.3 is 0 Å². The molecule has 2 aromatic rings. The highest BCUT2D eigenvalue weighted by Crippen LogP contribution is 2.37. The summed E-state index contributed by atoms with van der Waals surface area (Å²) in [4.78, 5) is 12.0. The minimum atomic E-state index is -0.328. The van der Waals surface area contributed by atoms with E-state index in [4.69, 9.17) is 0 Å². The summed E-state index contributed by atoms with van der Waals surface area (Å²) in [6.07, 6.45) is 0.543. The number of carbonyl (C=O) groups excluding carboxylic acids is 1. The molecule has 0 saturated heterocycles. The van der Waals surface area contributed by atoms with Crippen LogP contribution in [0, 0.1) is 5.82 Å². The van der Waals surface area contributed by atoms with Gasteiger partial charge in [-0.3, -0.25) is 4.79 Å². The Labute approximate surface area is 125 Å². The number of hydrogen-bond donors (Lipinski definition) is 2. The molecule has 1 aliphatic heterocycles. The molecule has 6 heteroatoms.